The molecule has 0 spiro atoms. The molecular weight excluding hydrogens is 454 g/mol. The zero-order valence-electron chi connectivity index (χ0n) is 21.6. The molecule has 4 rings (SSSR count). The number of nitrogens with zero attached hydrogens (tertiary/aromatic N) is 3. The number of benzene rings is 2. The molecule has 0 aliphatic carbocycles. The summed E-state index contributed by atoms with van der Waals surface area (Å²) in [6.07, 6.45) is 3.30. The van der Waals surface area contributed by atoms with Crippen LogP contribution in [0.25, 0.3) is 11.1 Å². The molecule has 7 nitrogen and oxygen atoms in total. The van der Waals surface area contributed by atoms with E-state index in [2.05, 4.69) is 21.2 Å². The van der Waals surface area contributed by atoms with Crippen molar-refractivity contribution in [1.82, 2.24) is 10.2 Å². The number of carbonyl (C=O) groups excluding carboxylic acids is 1. The second-order valence-electron chi connectivity index (χ2n) is 9.76. The van der Waals surface area contributed by atoms with Crippen LogP contribution in [-0.2, 0) is 9.53 Å². The Hall–Kier alpha value is -3.61. The van der Waals surface area contributed by atoms with Crippen molar-refractivity contribution in [2.75, 3.05) is 31.7 Å². The third kappa shape index (κ3) is 6.53. The molecule has 7 heteroatoms. The Labute approximate surface area is 213 Å². The molecule has 1 saturated heterocycles. The number of aromatic nitrogens is 2. The molecule has 3 aromatic rings. The van der Waals surface area contributed by atoms with Gasteiger partial charge in [-0.25, -0.2) is 4.79 Å². The molecule has 2 aromatic carbocycles. The molecule has 0 saturated carbocycles. The first-order valence-corrected chi connectivity index (χ1v) is 12.5. The molecule has 0 N–H and O–H groups in total. The Bertz CT molecular complexity index is 1160. The third-order valence-electron chi connectivity index (χ3n) is 6.57. The standard InChI is InChI=1S/C29H35N3O4/c1-21-11-12-27(31-30-21)32-16-13-22(14-17-32)15-18-35-25-9-5-7-23(19-25)24-8-6-10-26(20-24)36-29(2,3)28(33)34-4/h5-12,19-20,22H,13-18H2,1-4H3. The van der Waals surface area contributed by atoms with E-state index in [4.69, 9.17) is 14.2 Å². The summed E-state index contributed by atoms with van der Waals surface area (Å²) in [6.45, 7) is 8.04. The van der Waals surface area contributed by atoms with Gasteiger partial charge in [-0.05, 0) is 93.5 Å². The van der Waals surface area contributed by atoms with Crippen LogP contribution in [0.2, 0.25) is 0 Å². The Morgan fingerprint density at radius 1 is 0.972 bits per heavy atom. The van der Waals surface area contributed by atoms with Crippen LogP contribution in [0, 0.1) is 12.8 Å². The van der Waals surface area contributed by atoms with Crippen LogP contribution >= 0.6 is 0 Å². The molecule has 1 fully saturated rings. The summed E-state index contributed by atoms with van der Waals surface area (Å²) in [5.41, 5.74) is 1.90. The van der Waals surface area contributed by atoms with E-state index >= 15 is 0 Å². The lowest BCUT2D eigenvalue weighted by Gasteiger charge is -2.32. The van der Waals surface area contributed by atoms with Crippen LogP contribution in [-0.4, -0.2) is 48.6 Å². The summed E-state index contributed by atoms with van der Waals surface area (Å²) in [5, 5.41) is 8.50. The van der Waals surface area contributed by atoms with Gasteiger partial charge >= 0.3 is 5.97 Å². The van der Waals surface area contributed by atoms with Crippen LogP contribution in [0.4, 0.5) is 5.82 Å². The fourth-order valence-corrected chi connectivity index (χ4v) is 4.44. The van der Waals surface area contributed by atoms with Crippen molar-refractivity contribution in [2.24, 2.45) is 5.92 Å². The van der Waals surface area contributed by atoms with E-state index in [0.29, 0.717) is 18.3 Å². The van der Waals surface area contributed by atoms with Crippen molar-refractivity contribution in [1.29, 1.82) is 0 Å². The topological polar surface area (TPSA) is 73.8 Å². The first-order valence-electron chi connectivity index (χ1n) is 12.5. The minimum atomic E-state index is -1.07. The molecule has 0 amide bonds. The number of anilines is 1. The number of aryl methyl sites for hydroxylation is 1. The van der Waals surface area contributed by atoms with E-state index < -0.39 is 11.6 Å². The number of hydrogen-bond donors (Lipinski definition) is 0. The zero-order valence-corrected chi connectivity index (χ0v) is 21.6. The number of esters is 1. The number of carbonyl (C=O) groups is 1. The molecule has 36 heavy (non-hydrogen) atoms. The van der Waals surface area contributed by atoms with Crippen LogP contribution < -0.4 is 14.4 Å². The van der Waals surface area contributed by atoms with Gasteiger partial charge in [0.25, 0.3) is 0 Å². The Balaban J connectivity index is 1.29. The molecule has 1 aliphatic heterocycles. The summed E-state index contributed by atoms with van der Waals surface area (Å²) in [5.74, 6) is 2.65. The van der Waals surface area contributed by atoms with Gasteiger partial charge in [-0.1, -0.05) is 24.3 Å². The number of hydrogen-bond acceptors (Lipinski definition) is 7. The molecule has 1 aliphatic rings. The van der Waals surface area contributed by atoms with E-state index in [1.165, 1.54) is 7.11 Å². The van der Waals surface area contributed by atoms with E-state index in [1.807, 2.05) is 61.5 Å². The molecule has 1 aromatic heterocycles. The number of piperidine rings is 1. The summed E-state index contributed by atoms with van der Waals surface area (Å²) < 4.78 is 16.9. The van der Waals surface area contributed by atoms with Gasteiger partial charge in [0.15, 0.2) is 11.4 Å². The molecule has 0 radical (unpaired) electrons. The van der Waals surface area contributed by atoms with E-state index in [0.717, 1.165) is 60.7 Å². The SMILES string of the molecule is COC(=O)C(C)(C)Oc1cccc(-c2cccc(OCCC3CCN(c4ccc(C)nn4)CC3)c2)c1. The summed E-state index contributed by atoms with van der Waals surface area (Å²) >= 11 is 0. The van der Waals surface area contributed by atoms with Crippen molar-refractivity contribution in [3.8, 4) is 22.6 Å². The predicted octanol–water partition coefficient (Wildman–Crippen LogP) is 5.47. The predicted molar refractivity (Wildman–Crippen MR) is 140 cm³/mol. The highest BCUT2D eigenvalue weighted by Crippen LogP contribution is 2.29. The van der Waals surface area contributed by atoms with Crippen molar-refractivity contribution in [3.05, 3.63) is 66.4 Å². The highest BCUT2D eigenvalue weighted by molar-refractivity contribution is 5.79. The fourth-order valence-electron chi connectivity index (χ4n) is 4.44. The normalized spacial score (nSPS) is 14.4. The second-order valence-corrected chi connectivity index (χ2v) is 9.76. The largest absolute Gasteiger partial charge is 0.494 e. The lowest BCUT2D eigenvalue weighted by molar-refractivity contribution is -0.156. The lowest BCUT2D eigenvalue weighted by Crippen LogP contribution is -2.39. The summed E-state index contributed by atoms with van der Waals surface area (Å²) in [6, 6.07) is 19.8. The molecule has 0 unspecified atom stereocenters. The lowest BCUT2D eigenvalue weighted by atomic mass is 9.94. The Morgan fingerprint density at radius 2 is 1.64 bits per heavy atom. The van der Waals surface area contributed by atoms with Crippen LogP contribution in [0.1, 0.15) is 38.8 Å². The van der Waals surface area contributed by atoms with Gasteiger partial charge in [-0.15, -0.1) is 5.10 Å². The summed E-state index contributed by atoms with van der Waals surface area (Å²) in [4.78, 5) is 14.3. The maximum Gasteiger partial charge on any atom is 0.349 e. The fraction of sp³-hybridized carbons (Fsp3) is 0.414. The van der Waals surface area contributed by atoms with Gasteiger partial charge in [0.05, 0.1) is 19.4 Å². The van der Waals surface area contributed by atoms with Gasteiger partial charge in [0.1, 0.15) is 11.5 Å². The Morgan fingerprint density at radius 3 is 2.28 bits per heavy atom. The van der Waals surface area contributed by atoms with Crippen molar-refractivity contribution in [3.63, 3.8) is 0 Å². The maximum absolute atomic E-state index is 12.0. The van der Waals surface area contributed by atoms with Gasteiger partial charge in [-0.3, -0.25) is 0 Å². The quantitative estimate of drug-likeness (QED) is 0.369. The van der Waals surface area contributed by atoms with E-state index in [-0.39, 0.29) is 0 Å². The maximum atomic E-state index is 12.0. The number of methoxy groups -OCH3 is 1. The summed E-state index contributed by atoms with van der Waals surface area (Å²) in [7, 11) is 1.36. The van der Waals surface area contributed by atoms with Gasteiger partial charge in [0.2, 0.25) is 0 Å². The number of rotatable bonds is 9. The minimum Gasteiger partial charge on any atom is -0.494 e. The van der Waals surface area contributed by atoms with E-state index in [9.17, 15) is 4.79 Å². The molecule has 0 atom stereocenters. The van der Waals surface area contributed by atoms with Crippen molar-refractivity contribution >= 4 is 11.8 Å². The smallest absolute Gasteiger partial charge is 0.349 e. The van der Waals surface area contributed by atoms with Crippen LogP contribution in [0.15, 0.2) is 60.7 Å². The highest BCUT2D eigenvalue weighted by atomic mass is 16.6. The van der Waals surface area contributed by atoms with Crippen LogP contribution in [0.3, 0.4) is 0 Å². The van der Waals surface area contributed by atoms with Gasteiger partial charge in [0, 0.05) is 13.1 Å². The third-order valence-corrected chi connectivity index (χ3v) is 6.57. The van der Waals surface area contributed by atoms with Gasteiger partial charge < -0.3 is 19.1 Å². The first-order chi connectivity index (χ1) is 17.3. The molecule has 0 bridgehead atoms. The Kier molecular flexibility index (Phi) is 8.08. The molecule has 2 heterocycles. The zero-order chi connectivity index (χ0) is 25.5. The van der Waals surface area contributed by atoms with Crippen molar-refractivity contribution < 1.29 is 19.0 Å². The average molecular weight is 490 g/mol. The average Bonchev–Trinajstić information content (AvgIpc) is 2.89. The highest BCUT2D eigenvalue weighted by Gasteiger charge is 2.31. The molecular formula is C29H35N3O4. The monoisotopic (exact) mass is 489 g/mol. The van der Waals surface area contributed by atoms with Crippen LogP contribution in [0.5, 0.6) is 11.5 Å². The number of ether oxygens (including phenoxy) is 3. The van der Waals surface area contributed by atoms with E-state index in [1.54, 1.807) is 13.8 Å². The minimum absolute atomic E-state index is 0.419. The van der Waals surface area contributed by atoms with Crippen molar-refractivity contribution in [2.45, 2.75) is 45.6 Å². The van der Waals surface area contributed by atoms with Gasteiger partial charge in [-0.2, -0.15) is 5.10 Å². The molecule has 190 valence electrons. The first kappa shape index (κ1) is 25.5. The second kappa shape index (κ2) is 11.4.